The average molecular weight is 325 g/mol. The molecule has 4 heteroatoms. The van der Waals surface area contributed by atoms with E-state index in [0.29, 0.717) is 12.2 Å². The summed E-state index contributed by atoms with van der Waals surface area (Å²) in [4.78, 5) is 28.9. The zero-order chi connectivity index (χ0) is 17.7. The number of benzene rings is 2. The van der Waals surface area contributed by atoms with E-state index in [1.54, 1.807) is 13.0 Å². The van der Waals surface area contributed by atoms with Gasteiger partial charge in [0.1, 0.15) is 5.78 Å². The first-order valence-electron chi connectivity index (χ1n) is 8.08. The van der Waals surface area contributed by atoms with E-state index < -0.39 is 11.3 Å². The summed E-state index contributed by atoms with van der Waals surface area (Å²) in [5.41, 5.74) is 0.00824. The van der Waals surface area contributed by atoms with Crippen LogP contribution < -0.4 is 0 Å². The molecule has 4 nitrogen and oxygen atoms in total. The number of aliphatic imine (C=N–C) groups is 1. The van der Waals surface area contributed by atoms with Crippen molar-refractivity contribution in [2.24, 2.45) is 10.4 Å². The summed E-state index contributed by atoms with van der Waals surface area (Å²) in [6.07, 6.45) is 0.0217. The Labute approximate surface area is 142 Å². The first kappa shape index (κ1) is 17.9. The zero-order valence-electron chi connectivity index (χ0n) is 14.6. The topological polar surface area (TPSA) is 55.7 Å². The van der Waals surface area contributed by atoms with Crippen LogP contribution in [0.1, 0.15) is 44.5 Å². The van der Waals surface area contributed by atoms with Gasteiger partial charge in [-0.25, -0.2) is 0 Å². The van der Waals surface area contributed by atoms with Crippen molar-refractivity contribution in [3.63, 3.8) is 0 Å². The van der Waals surface area contributed by atoms with Crippen LogP contribution in [0.2, 0.25) is 0 Å². The Morgan fingerprint density at radius 3 is 2.38 bits per heavy atom. The second-order valence-corrected chi connectivity index (χ2v) is 6.62. The largest absolute Gasteiger partial charge is 0.481 e. The average Bonchev–Trinajstić information content (AvgIpc) is 2.53. The zero-order valence-corrected chi connectivity index (χ0v) is 14.6. The van der Waals surface area contributed by atoms with E-state index in [1.165, 1.54) is 0 Å². The quantitative estimate of drug-likeness (QED) is 0.617. The van der Waals surface area contributed by atoms with Gasteiger partial charge in [-0.3, -0.25) is 9.59 Å². The third-order valence-corrected chi connectivity index (χ3v) is 3.71. The van der Waals surface area contributed by atoms with Crippen molar-refractivity contribution in [3.05, 3.63) is 48.0 Å². The van der Waals surface area contributed by atoms with E-state index in [1.807, 2.05) is 57.2 Å². The summed E-state index contributed by atoms with van der Waals surface area (Å²) in [6.45, 7) is 7.68. The number of fused-ring (bicyclic) bond motifs is 1. The van der Waals surface area contributed by atoms with Crippen molar-refractivity contribution in [3.8, 4) is 0 Å². The number of amides is 1. The van der Waals surface area contributed by atoms with E-state index in [4.69, 9.17) is 4.74 Å². The summed E-state index contributed by atoms with van der Waals surface area (Å²) in [5, 5.41) is 1.81. The maximum atomic E-state index is 12.6. The number of rotatable bonds is 4. The van der Waals surface area contributed by atoms with Gasteiger partial charge in [-0.2, -0.15) is 4.99 Å². The molecule has 1 amide bonds. The van der Waals surface area contributed by atoms with Crippen LogP contribution in [0.3, 0.4) is 0 Å². The SMILES string of the molecule is CCOC(CC(=O)C(C)(C)C)=NC(=O)c1cccc2ccccc12. The number of ether oxygens (including phenoxy) is 1. The number of ketones is 1. The van der Waals surface area contributed by atoms with Gasteiger partial charge >= 0.3 is 0 Å². The number of Topliss-reactive ketones (excluding diaryl/α,β-unsaturated/α-hetero) is 1. The van der Waals surface area contributed by atoms with Crippen molar-refractivity contribution < 1.29 is 14.3 Å². The highest BCUT2D eigenvalue weighted by Gasteiger charge is 2.24. The molecule has 0 saturated carbocycles. The Kier molecular flexibility index (Phi) is 5.50. The van der Waals surface area contributed by atoms with Gasteiger partial charge in [0.2, 0.25) is 0 Å². The van der Waals surface area contributed by atoms with Gasteiger partial charge in [0, 0.05) is 11.0 Å². The molecule has 0 aliphatic heterocycles. The molecular formula is C20H23NO3. The lowest BCUT2D eigenvalue weighted by atomic mass is 9.89. The molecule has 126 valence electrons. The van der Waals surface area contributed by atoms with Gasteiger partial charge in [0.25, 0.3) is 5.91 Å². The number of hydrogen-bond donors (Lipinski definition) is 0. The monoisotopic (exact) mass is 325 g/mol. The lowest BCUT2D eigenvalue weighted by molar-refractivity contribution is -0.125. The summed E-state index contributed by atoms with van der Waals surface area (Å²) >= 11 is 0. The predicted octanol–water partition coefficient (Wildman–Crippen LogP) is 4.42. The van der Waals surface area contributed by atoms with Gasteiger partial charge in [-0.1, -0.05) is 57.2 Å². The molecule has 2 rings (SSSR count). The minimum atomic E-state index is -0.500. The Balaban J connectivity index is 2.34. The van der Waals surface area contributed by atoms with Crippen molar-refractivity contribution in [1.29, 1.82) is 0 Å². The van der Waals surface area contributed by atoms with Crippen LogP contribution in [0.15, 0.2) is 47.5 Å². The molecule has 0 radical (unpaired) electrons. The van der Waals surface area contributed by atoms with Crippen molar-refractivity contribution in [2.75, 3.05) is 6.61 Å². The minimum absolute atomic E-state index is 0.0135. The van der Waals surface area contributed by atoms with Crippen molar-refractivity contribution >= 4 is 28.4 Å². The molecular weight excluding hydrogens is 302 g/mol. The number of carbonyl (C=O) groups excluding carboxylic acids is 2. The molecule has 0 aliphatic carbocycles. The van der Waals surface area contributed by atoms with Gasteiger partial charge in [-0.05, 0) is 23.8 Å². The Hall–Kier alpha value is -2.49. The minimum Gasteiger partial charge on any atom is -0.481 e. The Morgan fingerprint density at radius 2 is 1.71 bits per heavy atom. The molecule has 0 N–H and O–H groups in total. The van der Waals surface area contributed by atoms with E-state index in [2.05, 4.69) is 4.99 Å². The van der Waals surface area contributed by atoms with Crippen LogP contribution in [-0.4, -0.2) is 24.2 Å². The lowest BCUT2D eigenvalue weighted by Crippen LogP contribution is -2.24. The van der Waals surface area contributed by atoms with E-state index in [9.17, 15) is 9.59 Å². The van der Waals surface area contributed by atoms with Gasteiger partial charge < -0.3 is 4.74 Å². The van der Waals surface area contributed by atoms with Gasteiger partial charge in [0.15, 0.2) is 5.90 Å². The second-order valence-electron chi connectivity index (χ2n) is 6.62. The molecule has 24 heavy (non-hydrogen) atoms. The van der Waals surface area contributed by atoms with E-state index in [0.717, 1.165) is 10.8 Å². The fraction of sp³-hybridized carbons (Fsp3) is 0.350. The first-order valence-corrected chi connectivity index (χ1v) is 8.08. The fourth-order valence-electron chi connectivity index (χ4n) is 2.28. The summed E-state index contributed by atoms with van der Waals surface area (Å²) < 4.78 is 5.42. The summed E-state index contributed by atoms with van der Waals surface area (Å²) in [5.74, 6) is -0.229. The highest BCUT2D eigenvalue weighted by Crippen LogP contribution is 2.20. The number of carbonyl (C=O) groups is 2. The van der Waals surface area contributed by atoms with Crippen LogP contribution in [0.4, 0.5) is 0 Å². The predicted molar refractivity (Wildman–Crippen MR) is 96.4 cm³/mol. The van der Waals surface area contributed by atoms with Gasteiger partial charge in [-0.15, -0.1) is 0 Å². The highest BCUT2D eigenvalue weighted by molar-refractivity contribution is 6.12. The van der Waals surface area contributed by atoms with Gasteiger partial charge in [0.05, 0.1) is 13.0 Å². The smallest absolute Gasteiger partial charge is 0.280 e. The normalized spacial score (nSPS) is 12.2. The van der Waals surface area contributed by atoms with E-state index >= 15 is 0 Å². The molecule has 0 bridgehead atoms. The third-order valence-electron chi connectivity index (χ3n) is 3.71. The summed E-state index contributed by atoms with van der Waals surface area (Å²) in [7, 11) is 0. The molecule has 0 saturated heterocycles. The van der Waals surface area contributed by atoms with Crippen molar-refractivity contribution in [1.82, 2.24) is 0 Å². The van der Waals surface area contributed by atoms with Crippen molar-refractivity contribution in [2.45, 2.75) is 34.1 Å². The van der Waals surface area contributed by atoms with Crippen LogP contribution in [0.25, 0.3) is 10.8 Å². The Morgan fingerprint density at radius 1 is 1.04 bits per heavy atom. The third kappa shape index (κ3) is 4.28. The number of nitrogens with zero attached hydrogens (tertiary/aromatic N) is 1. The molecule has 0 unspecified atom stereocenters. The summed E-state index contributed by atoms with van der Waals surface area (Å²) in [6, 6.07) is 13.2. The van der Waals surface area contributed by atoms with Crippen LogP contribution >= 0.6 is 0 Å². The van der Waals surface area contributed by atoms with E-state index in [-0.39, 0.29) is 18.1 Å². The molecule has 0 atom stereocenters. The molecule has 2 aromatic rings. The second kappa shape index (κ2) is 7.39. The molecule has 0 aromatic heterocycles. The molecule has 0 aliphatic rings. The maximum absolute atomic E-state index is 12.6. The molecule has 2 aromatic carbocycles. The Bertz CT molecular complexity index is 780. The molecule has 0 heterocycles. The fourth-order valence-corrected chi connectivity index (χ4v) is 2.28. The molecule has 0 fully saturated rings. The maximum Gasteiger partial charge on any atom is 0.280 e. The van der Waals surface area contributed by atoms with Crippen LogP contribution in [0.5, 0.6) is 0 Å². The number of hydrogen-bond acceptors (Lipinski definition) is 3. The first-order chi connectivity index (χ1) is 11.3. The highest BCUT2D eigenvalue weighted by atomic mass is 16.5. The van der Waals surface area contributed by atoms with Crippen LogP contribution in [0, 0.1) is 5.41 Å². The molecule has 0 spiro atoms. The standard InChI is InChI=1S/C20H23NO3/c1-5-24-18(13-17(22)20(2,3)4)21-19(23)16-12-8-10-14-9-6-7-11-15(14)16/h6-12H,5,13H2,1-4H3. The van der Waals surface area contributed by atoms with Crippen LogP contribution in [-0.2, 0) is 9.53 Å². The lowest BCUT2D eigenvalue weighted by Gasteiger charge is -2.17.